The van der Waals surface area contributed by atoms with Crippen molar-refractivity contribution in [1.29, 1.82) is 0 Å². The molecule has 2 heterocycles. The molecule has 1 aliphatic carbocycles. The van der Waals surface area contributed by atoms with Crippen LogP contribution in [0.15, 0.2) is 41.8 Å². The second-order valence-electron chi connectivity index (χ2n) is 8.70. The van der Waals surface area contributed by atoms with E-state index in [0.29, 0.717) is 12.2 Å². The Bertz CT molecular complexity index is 1080. The molecule has 4 rings (SSSR count). The van der Waals surface area contributed by atoms with Crippen molar-refractivity contribution < 1.29 is 9.59 Å². The highest BCUT2D eigenvalue weighted by atomic mass is 32.1. The smallest absolute Gasteiger partial charge is 0.268 e. The Balaban J connectivity index is 1.57. The van der Waals surface area contributed by atoms with E-state index in [4.69, 9.17) is 0 Å². The first-order valence-corrected chi connectivity index (χ1v) is 12.1. The number of rotatable bonds is 6. The minimum atomic E-state index is -0.0747. The topological polar surface area (TPSA) is 54.3 Å². The zero-order chi connectivity index (χ0) is 22.0. The van der Waals surface area contributed by atoms with Crippen LogP contribution in [-0.4, -0.2) is 29.0 Å². The van der Waals surface area contributed by atoms with Crippen LogP contribution in [0.2, 0.25) is 0 Å². The van der Waals surface area contributed by atoms with Gasteiger partial charge in [0.15, 0.2) is 0 Å². The Morgan fingerprint density at radius 3 is 2.65 bits per heavy atom. The van der Waals surface area contributed by atoms with Gasteiger partial charge in [0.05, 0.1) is 0 Å². The van der Waals surface area contributed by atoms with E-state index >= 15 is 0 Å². The molecule has 0 aliphatic heterocycles. The van der Waals surface area contributed by atoms with Crippen LogP contribution in [0.25, 0.3) is 10.2 Å². The van der Waals surface area contributed by atoms with E-state index in [1.165, 1.54) is 0 Å². The van der Waals surface area contributed by atoms with Gasteiger partial charge in [-0.1, -0.05) is 19.1 Å². The number of thiophene rings is 1. The molecule has 0 radical (unpaired) electrons. The highest BCUT2D eigenvalue weighted by molar-refractivity contribution is 7.16. The molecule has 5 nitrogen and oxygen atoms in total. The normalized spacial score (nSPS) is 18.8. The summed E-state index contributed by atoms with van der Waals surface area (Å²) in [6.45, 7) is 7.01. The second kappa shape index (κ2) is 9.27. The van der Waals surface area contributed by atoms with Gasteiger partial charge in [-0.3, -0.25) is 9.59 Å². The van der Waals surface area contributed by atoms with Crippen molar-refractivity contribution in [2.75, 3.05) is 11.4 Å². The van der Waals surface area contributed by atoms with Gasteiger partial charge in [0, 0.05) is 23.7 Å². The van der Waals surface area contributed by atoms with Gasteiger partial charge in [0.25, 0.3) is 5.91 Å². The Hall–Kier alpha value is -2.60. The summed E-state index contributed by atoms with van der Waals surface area (Å²) in [5, 5.41) is 6.24. The number of anilines is 1. The molecule has 0 saturated heterocycles. The largest absolute Gasteiger partial charge is 0.348 e. The van der Waals surface area contributed by atoms with Crippen LogP contribution in [0.5, 0.6) is 0 Å². The van der Waals surface area contributed by atoms with E-state index in [2.05, 4.69) is 12.2 Å². The van der Waals surface area contributed by atoms with Gasteiger partial charge in [-0.15, -0.1) is 11.3 Å². The van der Waals surface area contributed by atoms with Gasteiger partial charge in [-0.05, 0) is 80.7 Å². The molecular formula is C25H31N3O2S. The highest BCUT2D eigenvalue weighted by Gasteiger charge is 2.25. The summed E-state index contributed by atoms with van der Waals surface area (Å²) >= 11 is 1.57. The van der Waals surface area contributed by atoms with Crippen LogP contribution in [0.1, 0.15) is 55.6 Å². The van der Waals surface area contributed by atoms with E-state index in [1.807, 2.05) is 60.2 Å². The van der Waals surface area contributed by atoms with E-state index in [1.54, 1.807) is 16.2 Å². The molecule has 2 aromatic heterocycles. The van der Waals surface area contributed by atoms with E-state index < -0.39 is 0 Å². The van der Waals surface area contributed by atoms with Gasteiger partial charge in [0.1, 0.15) is 17.1 Å². The second-order valence-corrected chi connectivity index (χ2v) is 9.60. The molecule has 0 bridgehead atoms. The number of carbonyl (C=O) groups is 2. The fourth-order valence-electron chi connectivity index (χ4n) is 4.50. The minimum Gasteiger partial charge on any atom is -0.348 e. The number of nitrogens with zero attached hydrogens (tertiary/aromatic N) is 2. The number of hydrogen-bond acceptors (Lipinski definition) is 3. The van der Waals surface area contributed by atoms with Gasteiger partial charge in [0.2, 0.25) is 5.91 Å². The third-order valence-corrected chi connectivity index (χ3v) is 7.26. The highest BCUT2D eigenvalue weighted by Crippen LogP contribution is 2.28. The van der Waals surface area contributed by atoms with Crippen LogP contribution in [-0.2, 0) is 11.3 Å². The number of likely N-dealkylation sites (N-methyl/N-ethyl adjacent to an activating group) is 1. The monoisotopic (exact) mass is 437 g/mol. The lowest BCUT2D eigenvalue weighted by Crippen LogP contribution is -2.39. The lowest BCUT2D eigenvalue weighted by molar-refractivity contribution is -0.119. The first-order valence-electron chi connectivity index (χ1n) is 11.2. The standard InChI is InChI=1S/C25H31N3O2S/c1-4-27(21-7-5-6-18(3)14-21)23(29)16-28-22(15-19-12-13-31-25(19)28)24(30)26-20-10-8-17(2)9-11-20/h5-7,12-15,17,20H,4,8-11,16H2,1-3H3,(H,26,30)/t17-,20-. The Morgan fingerprint density at radius 1 is 1.16 bits per heavy atom. The Labute approximate surface area is 188 Å². The zero-order valence-electron chi connectivity index (χ0n) is 18.6. The number of fused-ring (bicyclic) bond motifs is 1. The van der Waals surface area contributed by atoms with E-state index in [-0.39, 0.29) is 24.4 Å². The SMILES string of the molecule is CCN(C(=O)Cn1c(C(=O)N[C@H]2CC[C@H](C)CC2)cc2ccsc21)c1cccc(C)c1. The van der Waals surface area contributed by atoms with E-state index in [0.717, 1.165) is 53.1 Å². The summed E-state index contributed by atoms with van der Waals surface area (Å²) in [5.74, 6) is 0.649. The van der Waals surface area contributed by atoms with Crippen molar-refractivity contribution in [3.63, 3.8) is 0 Å². The number of aryl methyl sites for hydroxylation is 1. The fraction of sp³-hybridized carbons (Fsp3) is 0.440. The Kier molecular flexibility index (Phi) is 6.46. The maximum absolute atomic E-state index is 13.3. The maximum Gasteiger partial charge on any atom is 0.268 e. The predicted molar refractivity (Wildman–Crippen MR) is 128 cm³/mol. The van der Waals surface area contributed by atoms with E-state index in [9.17, 15) is 9.59 Å². The van der Waals surface area contributed by atoms with Crippen molar-refractivity contribution in [1.82, 2.24) is 9.88 Å². The molecule has 3 aromatic rings. The molecule has 2 amide bonds. The predicted octanol–water partition coefficient (Wildman–Crippen LogP) is 5.37. The first kappa shape index (κ1) is 21.6. The van der Waals surface area contributed by atoms with Gasteiger partial charge in [-0.25, -0.2) is 0 Å². The maximum atomic E-state index is 13.3. The first-order chi connectivity index (χ1) is 15.0. The Morgan fingerprint density at radius 2 is 1.94 bits per heavy atom. The molecular weight excluding hydrogens is 406 g/mol. The number of benzene rings is 1. The summed E-state index contributed by atoms with van der Waals surface area (Å²) in [4.78, 5) is 29.2. The molecule has 6 heteroatoms. The molecule has 0 unspecified atom stereocenters. The molecule has 31 heavy (non-hydrogen) atoms. The van der Waals surface area contributed by atoms with Crippen molar-refractivity contribution in [2.45, 2.75) is 59.0 Å². The van der Waals surface area contributed by atoms with Crippen molar-refractivity contribution in [3.05, 3.63) is 53.0 Å². The molecule has 1 saturated carbocycles. The van der Waals surface area contributed by atoms with Crippen molar-refractivity contribution >= 4 is 39.1 Å². The van der Waals surface area contributed by atoms with Crippen LogP contribution in [0.4, 0.5) is 5.69 Å². The quantitative estimate of drug-likeness (QED) is 0.563. The number of hydrogen-bond donors (Lipinski definition) is 1. The summed E-state index contributed by atoms with van der Waals surface area (Å²) in [5.41, 5.74) is 2.59. The molecule has 164 valence electrons. The average Bonchev–Trinajstić information content (AvgIpc) is 3.33. The van der Waals surface area contributed by atoms with Crippen LogP contribution in [0.3, 0.4) is 0 Å². The van der Waals surface area contributed by atoms with Crippen molar-refractivity contribution in [3.8, 4) is 0 Å². The molecule has 1 N–H and O–H groups in total. The zero-order valence-corrected chi connectivity index (χ0v) is 19.4. The molecule has 1 aliphatic rings. The van der Waals surface area contributed by atoms with Gasteiger partial charge in [-0.2, -0.15) is 0 Å². The number of amides is 2. The molecule has 1 fully saturated rings. The summed E-state index contributed by atoms with van der Waals surface area (Å²) in [7, 11) is 0. The van der Waals surface area contributed by atoms with Gasteiger partial charge < -0.3 is 14.8 Å². The fourth-order valence-corrected chi connectivity index (χ4v) is 5.40. The lowest BCUT2D eigenvalue weighted by Gasteiger charge is -2.27. The average molecular weight is 438 g/mol. The van der Waals surface area contributed by atoms with Crippen LogP contribution >= 0.6 is 11.3 Å². The molecule has 0 spiro atoms. The van der Waals surface area contributed by atoms with Crippen LogP contribution < -0.4 is 10.2 Å². The lowest BCUT2D eigenvalue weighted by atomic mass is 9.87. The third-order valence-electron chi connectivity index (χ3n) is 6.31. The summed E-state index contributed by atoms with van der Waals surface area (Å²) in [6.07, 6.45) is 4.36. The number of carbonyl (C=O) groups excluding carboxylic acids is 2. The summed E-state index contributed by atoms with van der Waals surface area (Å²) in [6, 6.07) is 12.1. The van der Waals surface area contributed by atoms with Gasteiger partial charge >= 0.3 is 0 Å². The van der Waals surface area contributed by atoms with Crippen molar-refractivity contribution in [2.24, 2.45) is 5.92 Å². The number of aromatic nitrogens is 1. The third kappa shape index (κ3) is 4.69. The number of nitrogens with one attached hydrogen (secondary N) is 1. The molecule has 1 aromatic carbocycles. The van der Waals surface area contributed by atoms with Crippen LogP contribution in [0, 0.1) is 12.8 Å². The minimum absolute atomic E-state index is 0.0143. The summed E-state index contributed by atoms with van der Waals surface area (Å²) < 4.78 is 1.89. The molecule has 0 atom stereocenters.